The van der Waals surface area contributed by atoms with E-state index in [9.17, 15) is 4.79 Å². The number of carbonyl (C=O) groups is 1. The van der Waals surface area contributed by atoms with Crippen molar-refractivity contribution in [2.75, 3.05) is 10.0 Å². The van der Waals surface area contributed by atoms with Gasteiger partial charge >= 0.3 is 6.09 Å². The van der Waals surface area contributed by atoms with Crippen molar-refractivity contribution in [1.29, 1.82) is 0 Å². The number of nitrogens with one attached hydrogen (secondary N) is 2. The molecule has 0 radical (unpaired) electrons. The Kier molecular flexibility index (Phi) is 6.40. The monoisotopic (exact) mass is 364 g/mol. The molecular formula is C18H21ClN2O2S. The van der Waals surface area contributed by atoms with Crippen LogP contribution in [0.2, 0.25) is 5.02 Å². The van der Waals surface area contributed by atoms with E-state index in [1.807, 2.05) is 69.3 Å². The number of halogens is 1. The fraction of sp³-hybridized carbons (Fsp3) is 0.278. The van der Waals surface area contributed by atoms with Crippen molar-refractivity contribution >= 4 is 41.0 Å². The van der Waals surface area contributed by atoms with Crippen molar-refractivity contribution in [3.05, 3.63) is 59.1 Å². The maximum atomic E-state index is 11.7. The molecule has 2 rings (SSSR count). The molecule has 1 amide bonds. The third kappa shape index (κ3) is 6.72. The fourth-order valence-electron chi connectivity index (χ4n) is 1.87. The molecule has 2 aromatic rings. The zero-order valence-corrected chi connectivity index (χ0v) is 15.5. The van der Waals surface area contributed by atoms with Gasteiger partial charge in [0.15, 0.2) is 0 Å². The van der Waals surface area contributed by atoms with Crippen LogP contribution >= 0.6 is 23.5 Å². The number of ether oxygens (including phenoxy) is 1. The van der Waals surface area contributed by atoms with E-state index in [2.05, 4.69) is 10.0 Å². The van der Waals surface area contributed by atoms with Gasteiger partial charge in [0.2, 0.25) is 0 Å². The van der Waals surface area contributed by atoms with E-state index in [0.717, 1.165) is 22.0 Å². The van der Waals surface area contributed by atoms with E-state index in [1.165, 1.54) is 0 Å². The molecule has 0 aliphatic carbocycles. The average molecular weight is 365 g/mol. The molecule has 0 aliphatic heterocycles. The van der Waals surface area contributed by atoms with Gasteiger partial charge < -0.3 is 9.46 Å². The van der Waals surface area contributed by atoms with Gasteiger partial charge in [0.25, 0.3) is 0 Å². The lowest BCUT2D eigenvalue weighted by Gasteiger charge is -2.19. The molecule has 6 heteroatoms. The maximum absolute atomic E-state index is 11.7. The predicted molar refractivity (Wildman–Crippen MR) is 103 cm³/mol. The second kappa shape index (κ2) is 8.31. The molecule has 0 heterocycles. The molecular weight excluding hydrogens is 344 g/mol. The molecule has 2 aromatic carbocycles. The number of anilines is 2. The topological polar surface area (TPSA) is 50.4 Å². The van der Waals surface area contributed by atoms with Crippen LogP contribution in [0.3, 0.4) is 0 Å². The molecule has 0 aromatic heterocycles. The minimum atomic E-state index is -0.511. The Morgan fingerprint density at radius 2 is 1.79 bits per heavy atom. The lowest BCUT2D eigenvalue weighted by molar-refractivity contribution is 0.0636. The second-order valence-corrected chi connectivity index (χ2v) is 7.44. The Bertz CT molecular complexity index is 684. The van der Waals surface area contributed by atoms with Crippen LogP contribution in [-0.4, -0.2) is 11.7 Å². The summed E-state index contributed by atoms with van der Waals surface area (Å²) in [5.41, 5.74) is 2.29. The largest absolute Gasteiger partial charge is 0.444 e. The molecule has 128 valence electrons. The maximum Gasteiger partial charge on any atom is 0.412 e. The highest BCUT2D eigenvalue weighted by Gasteiger charge is 2.15. The van der Waals surface area contributed by atoms with Crippen LogP contribution < -0.4 is 10.0 Å². The first-order chi connectivity index (χ1) is 11.3. The van der Waals surface area contributed by atoms with Gasteiger partial charge in [0, 0.05) is 22.2 Å². The van der Waals surface area contributed by atoms with Gasteiger partial charge in [-0.2, -0.15) is 0 Å². The van der Waals surface area contributed by atoms with Gasteiger partial charge in [-0.05, 0) is 74.7 Å². The van der Waals surface area contributed by atoms with Gasteiger partial charge in [-0.3, -0.25) is 5.32 Å². The third-order valence-corrected chi connectivity index (χ3v) is 3.94. The van der Waals surface area contributed by atoms with Crippen molar-refractivity contribution in [2.45, 2.75) is 32.1 Å². The second-order valence-electron chi connectivity index (χ2n) is 6.22. The van der Waals surface area contributed by atoms with Crippen LogP contribution in [0.1, 0.15) is 26.3 Å². The van der Waals surface area contributed by atoms with Crippen molar-refractivity contribution in [3.63, 3.8) is 0 Å². The molecule has 0 fully saturated rings. The van der Waals surface area contributed by atoms with Crippen LogP contribution in [0, 0.1) is 0 Å². The van der Waals surface area contributed by atoms with Crippen LogP contribution in [0.25, 0.3) is 0 Å². The van der Waals surface area contributed by atoms with Crippen molar-refractivity contribution < 1.29 is 9.53 Å². The van der Waals surface area contributed by atoms with Crippen molar-refractivity contribution in [2.24, 2.45) is 0 Å². The first-order valence-electron chi connectivity index (χ1n) is 7.54. The summed E-state index contributed by atoms with van der Waals surface area (Å²) in [5, 5.41) is 3.44. The smallest absolute Gasteiger partial charge is 0.412 e. The lowest BCUT2D eigenvalue weighted by Crippen LogP contribution is -2.27. The zero-order valence-electron chi connectivity index (χ0n) is 13.9. The summed E-state index contributed by atoms with van der Waals surface area (Å²) < 4.78 is 8.48. The highest BCUT2D eigenvalue weighted by Crippen LogP contribution is 2.21. The summed E-state index contributed by atoms with van der Waals surface area (Å²) in [6.45, 7) is 5.49. The predicted octanol–water partition coefficient (Wildman–Crippen LogP) is 5.95. The molecule has 0 aliphatic rings. The van der Waals surface area contributed by atoms with Crippen LogP contribution in [0.15, 0.2) is 48.5 Å². The Balaban J connectivity index is 1.80. The minimum absolute atomic E-state index is 0.460. The van der Waals surface area contributed by atoms with Gasteiger partial charge in [0.05, 0.1) is 0 Å². The average Bonchev–Trinajstić information content (AvgIpc) is 2.47. The molecule has 0 atom stereocenters. The van der Waals surface area contributed by atoms with E-state index in [0.29, 0.717) is 5.69 Å². The van der Waals surface area contributed by atoms with E-state index >= 15 is 0 Å². The molecule has 2 N–H and O–H groups in total. The third-order valence-electron chi connectivity index (χ3n) is 2.85. The van der Waals surface area contributed by atoms with E-state index < -0.39 is 11.7 Å². The Labute approximate surface area is 152 Å². The first-order valence-corrected chi connectivity index (χ1v) is 8.90. The number of amides is 1. The minimum Gasteiger partial charge on any atom is -0.444 e. The van der Waals surface area contributed by atoms with Crippen LogP contribution in [-0.2, 0) is 10.5 Å². The first kappa shape index (κ1) is 18.5. The molecule has 4 nitrogen and oxygen atoms in total. The van der Waals surface area contributed by atoms with Gasteiger partial charge in [-0.25, -0.2) is 4.79 Å². The normalized spacial score (nSPS) is 11.0. The van der Waals surface area contributed by atoms with Crippen LogP contribution in [0.5, 0.6) is 0 Å². The van der Waals surface area contributed by atoms with Crippen molar-refractivity contribution in [1.82, 2.24) is 0 Å². The number of hydrogen-bond donors (Lipinski definition) is 2. The summed E-state index contributed by atoms with van der Waals surface area (Å²) in [5.74, 6) is 0.804. The summed E-state index contributed by atoms with van der Waals surface area (Å²) in [6.07, 6.45) is -0.460. The Morgan fingerprint density at radius 3 is 2.42 bits per heavy atom. The van der Waals surface area contributed by atoms with Crippen molar-refractivity contribution in [3.8, 4) is 0 Å². The molecule has 0 saturated carbocycles. The highest BCUT2D eigenvalue weighted by atomic mass is 35.5. The van der Waals surface area contributed by atoms with Crippen LogP contribution in [0.4, 0.5) is 16.2 Å². The van der Waals surface area contributed by atoms with Gasteiger partial charge in [-0.1, -0.05) is 23.7 Å². The summed E-state index contributed by atoms with van der Waals surface area (Å²) in [7, 11) is 0. The van der Waals surface area contributed by atoms with E-state index in [4.69, 9.17) is 16.3 Å². The van der Waals surface area contributed by atoms with Gasteiger partial charge in [0.1, 0.15) is 5.60 Å². The fourth-order valence-corrected chi connectivity index (χ4v) is 2.81. The number of hydrogen-bond acceptors (Lipinski definition) is 4. The molecule has 0 bridgehead atoms. The Morgan fingerprint density at radius 1 is 1.12 bits per heavy atom. The molecule has 0 saturated heterocycles. The lowest BCUT2D eigenvalue weighted by atomic mass is 10.2. The SMILES string of the molecule is CC(C)(C)OC(=O)Nc1ccc(NSCc2cccc(Cl)c2)cc1. The van der Waals surface area contributed by atoms with Gasteiger partial charge in [-0.15, -0.1) is 0 Å². The summed E-state index contributed by atoms with van der Waals surface area (Å²) in [4.78, 5) is 11.7. The summed E-state index contributed by atoms with van der Waals surface area (Å²) >= 11 is 7.54. The van der Waals surface area contributed by atoms with E-state index in [1.54, 1.807) is 11.9 Å². The molecule has 0 unspecified atom stereocenters. The quantitative estimate of drug-likeness (QED) is 0.644. The highest BCUT2D eigenvalue weighted by molar-refractivity contribution is 7.99. The molecule has 24 heavy (non-hydrogen) atoms. The Hall–Kier alpha value is -1.85. The number of carbonyl (C=O) groups excluding carboxylic acids is 1. The number of benzene rings is 2. The standard InChI is InChI=1S/C18H21ClN2O2S/c1-18(2,3)23-17(22)20-15-7-9-16(10-8-15)21-24-12-13-5-4-6-14(19)11-13/h4-11,21H,12H2,1-3H3,(H,20,22). The zero-order chi connectivity index (χ0) is 17.6. The van der Waals surface area contributed by atoms with E-state index in [-0.39, 0.29) is 0 Å². The summed E-state index contributed by atoms with van der Waals surface area (Å²) in [6, 6.07) is 15.2. The molecule has 0 spiro atoms. The number of rotatable bonds is 5.